The standard InChI is InChI=1S/C16H17ClN2O2/c1-12-10-13(17)5-6-15(12)21-11-16(20)19-9-7-14-4-2-3-8-18-14/h2-6,8,10H,7,9,11H2,1H3,(H,19,20). The quantitative estimate of drug-likeness (QED) is 0.893. The van der Waals surface area contributed by atoms with Crippen LogP contribution in [0.15, 0.2) is 42.6 Å². The van der Waals surface area contributed by atoms with E-state index in [1.807, 2.05) is 25.1 Å². The molecule has 0 fully saturated rings. The minimum absolute atomic E-state index is 0.00924. The van der Waals surface area contributed by atoms with Crippen molar-refractivity contribution in [2.24, 2.45) is 0 Å². The molecule has 110 valence electrons. The van der Waals surface area contributed by atoms with Crippen molar-refractivity contribution in [3.63, 3.8) is 0 Å². The van der Waals surface area contributed by atoms with Gasteiger partial charge >= 0.3 is 0 Å². The van der Waals surface area contributed by atoms with Crippen LogP contribution in [0.5, 0.6) is 5.75 Å². The van der Waals surface area contributed by atoms with E-state index in [0.29, 0.717) is 23.7 Å². The summed E-state index contributed by atoms with van der Waals surface area (Å²) in [5, 5.41) is 3.45. The van der Waals surface area contributed by atoms with E-state index in [9.17, 15) is 4.79 Å². The molecular weight excluding hydrogens is 288 g/mol. The van der Waals surface area contributed by atoms with Crippen LogP contribution in [0.1, 0.15) is 11.3 Å². The van der Waals surface area contributed by atoms with Gasteiger partial charge in [-0.15, -0.1) is 0 Å². The zero-order valence-corrected chi connectivity index (χ0v) is 12.6. The van der Waals surface area contributed by atoms with Crippen molar-refractivity contribution in [2.45, 2.75) is 13.3 Å². The molecule has 0 aliphatic carbocycles. The van der Waals surface area contributed by atoms with Crippen molar-refractivity contribution in [1.82, 2.24) is 10.3 Å². The lowest BCUT2D eigenvalue weighted by Crippen LogP contribution is -2.30. The second kappa shape index (κ2) is 7.64. The van der Waals surface area contributed by atoms with E-state index in [1.54, 1.807) is 24.4 Å². The number of nitrogens with one attached hydrogen (secondary N) is 1. The molecule has 0 saturated heterocycles. The maximum atomic E-state index is 11.7. The summed E-state index contributed by atoms with van der Waals surface area (Å²) in [6.07, 6.45) is 2.44. The summed E-state index contributed by atoms with van der Waals surface area (Å²) in [4.78, 5) is 15.9. The monoisotopic (exact) mass is 304 g/mol. The number of halogens is 1. The fourth-order valence-electron chi connectivity index (χ4n) is 1.85. The molecule has 1 aromatic carbocycles. The van der Waals surface area contributed by atoms with Gasteiger partial charge in [-0.2, -0.15) is 0 Å². The van der Waals surface area contributed by atoms with Crippen LogP contribution < -0.4 is 10.1 Å². The smallest absolute Gasteiger partial charge is 0.257 e. The van der Waals surface area contributed by atoms with Gasteiger partial charge in [0.2, 0.25) is 0 Å². The van der Waals surface area contributed by atoms with Crippen LogP contribution in [0.25, 0.3) is 0 Å². The highest BCUT2D eigenvalue weighted by molar-refractivity contribution is 6.30. The molecule has 0 radical (unpaired) electrons. The van der Waals surface area contributed by atoms with Gasteiger partial charge in [0.15, 0.2) is 6.61 Å². The number of amides is 1. The Morgan fingerprint density at radius 3 is 2.90 bits per heavy atom. The lowest BCUT2D eigenvalue weighted by atomic mass is 10.2. The first-order chi connectivity index (χ1) is 10.1. The molecule has 21 heavy (non-hydrogen) atoms. The van der Waals surface area contributed by atoms with Gasteiger partial charge in [-0.05, 0) is 42.8 Å². The van der Waals surface area contributed by atoms with Gasteiger partial charge in [-0.3, -0.25) is 9.78 Å². The Labute approximate surface area is 129 Å². The first-order valence-electron chi connectivity index (χ1n) is 6.71. The van der Waals surface area contributed by atoms with E-state index in [4.69, 9.17) is 16.3 Å². The fraction of sp³-hybridized carbons (Fsp3) is 0.250. The molecule has 2 aromatic rings. The Balaban J connectivity index is 1.72. The zero-order chi connectivity index (χ0) is 15.1. The maximum Gasteiger partial charge on any atom is 0.257 e. The van der Waals surface area contributed by atoms with Gasteiger partial charge in [0.05, 0.1) is 0 Å². The molecule has 4 nitrogen and oxygen atoms in total. The maximum absolute atomic E-state index is 11.7. The molecule has 2 rings (SSSR count). The Morgan fingerprint density at radius 2 is 2.19 bits per heavy atom. The molecule has 1 amide bonds. The van der Waals surface area contributed by atoms with Crippen molar-refractivity contribution in [3.05, 3.63) is 58.9 Å². The number of aryl methyl sites for hydroxylation is 1. The van der Waals surface area contributed by atoms with Crippen LogP contribution in [0, 0.1) is 6.92 Å². The van der Waals surface area contributed by atoms with Crippen LogP contribution in [0.2, 0.25) is 5.02 Å². The van der Waals surface area contributed by atoms with Crippen molar-refractivity contribution >= 4 is 17.5 Å². The van der Waals surface area contributed by atoms with E-state index in [1.165, 1.54) is 0 Å². The summed E-state index contributed by atoms with van der Waals surface area (Å²) < 4.78 is 5.47. The molecular formula is C16H17ClN2O2. The molecule has 1 aromatic heterocycles. The third-order valence-electron chi connectivity index (χ3n) is 2.93. The molecule has 0 aliphatic heterocycles. The lowest BCUT2D eigenvalue weighted by molar-refractivity contribution is -0.123. The van der Waals surface area contributed by atoms with Crippen molar-refractivity contribution in [3.8, 4) is 5.75 Å². The summed E-state index contributed by atoms with van der Waals surface area (Å²) in [6.45, 7) is 2.42. The predicted molar refractivity (Wildman–Crippen MR) is 82.6 cm³/mol. The number of aromatic nitrogens is 1. The summed E-state index contributed by atoms with van der Waals surface area (Å²) in [6, 6.07) is 11.0. The summed E-state index contributed by atoms with van der Waals surface area (Å²) in [7, 11) is 0. The number of benzene rings is 1. The van der Waals surface area contributed by atoms with E-state index >= 15 is 0 Å². The average Bonchev–Trinajstić information content (AvgIpc) is 2.47. The number of rotatable bonds is 6. The number of hydrogen-bond acceptors (Lipinski definition) is 3. The van der Waals surface area contributed by atoms with Crippen LogP contribution in [-0.2, 0) is 11.2 Å². The SMILES string of the molecule is Cc1cc(Cl)ccc1OCC(=O)NCCc1ccccn1. The average molecular weight is 305 g/mol. The summed E-state index contributed by atoms with van der Waals surface area (Å²) in [5.41, 5.74) is 1.86. The van der Waals surface area contributed by atoms with Gasteiger partial charge < -0.3 is 10.1 Å². The summed E-state index contributed by atoms with van der Waals surface area (Å²) >= 11 is 5.87. The van der Waals surface area contributed by atoms with E-state index in [2.05, 4.69) is 10.3 Å². The molecule has 0 saturated carbocycles. The van der Waals surface area contributed by atoms with Gasteiger partial charge in [-0.25, -0.2) is 0 Å². The zero-order valence-electron chi connectivity index (χ0n) is 11.8. The molecule has 0 unspecified atom stereocenters. The highest BCUT2D eigenvalue weighted by Gasteiger charge is 2.05. The molecule has 0 atom stereocenters. The number of carbonyl (C=O) groups excluding carboxylic acids is 1. The van der Waals surface area contributed by atoms with Crippen LogP contribution in [-0.4, -0.2) is 24.0 Å². The second-order valence-electron chi connectivity index (χ2n) is 4.62. The number of hydrogen-bond donors (Lipinski definition) is 1. The number of pyridine rings is 1. The largest absolute Gasteiger partial charge is 0.484 e. The van der Waals surface area contributed by atoms with E-state index in [0.717, 1.165) is 11.3 Å². The van der Waals surface area contributed by atoms with Gasteiger partial charge in [0.25, 0.3) is 5.91 Å². The molecule has 1 N–H and O–H groups in total. The Hall–Kier alpha value is -2.07. The van der Waals surface area contributed by atoms with Crippen molar-refractivity contribution in [2.75, 3.05) is 13.2 Å². The normalized spacial score (nSPS) is 10.2. The topological polar surface area (TPSA) is 51.2 Å². The van der Waals surface area contributed by atoms with Crippen molar-refractivity contribution in [1.29, 1.82) is 0 Å². The van der Waals surface area contributed by atoms with Gasteiger partial charge in [0, 0.05) is 29.9 Å². The first kappa shape index (κ1) is 15.3. The van der Waals surface area contributed by atoms with Gasteiger partial charge in [0.1, 0.15) is 5.75 Å². The molecule has 0 aliphatic rings. The Morgan fingerprint density at radius 1 is 1.33 bits per heavy atom. The number of ether oxygens (including phenoxy) is 1. The van der Waals surface area contributed by atoms with Gasteiger partial charge in [-0.1, -0.05) is 17.7 Å². The third-order valence-corrected chi connectivity index (χ3v) is 3.16. The highest BCUT2D eigenvalue weighted by atomic mass is 35.5. The molecule has 0 bridgehead atoms. The highest BCUT2D eigenvalue weighted by Crippen LogP contribution is 2.21. The first-order valence-corrected chi connectivity index (χ1v) is 7.08. The second-order valence-corrected chi connectivity index (χ2v) is 5.06. The van der Waals surface area contributed by atoms with Crippen LogP contribution in [0.3, 0.4) is 0 Å². The minimum atomic E-state index is -0.153. The predicted octanol–water partition coefficient (Wildman–Crippen LogP) is 2.78. The number of nitrogens with zero attached hydrogens (tertiary/aromatic N) is 1. The Kier molecular flexibility index (Phi) is 5.58. The van der Waals surface area contributed by atoms with Crippen LogP contribution in [0.4, 0.5) is 0 Å². The van der Waals surface area contributed by atoms with E-state index in [-0.39, 0.29) is 12.5 Å². The molecule has 0 spiro atoms. The fourth-order valence-corrected chi connectivity index (χ4v) is 2.07. The van der Waals surface area contributed by atoms with Crippen LogP contribution >= 0.6 is 11.6 Å². The van der Waals surface area contributed by atoms with Crippen molar-refractivity contribution < 1.29 is 9.53 Å². The minimum Gasteiger partial charge on any atom is -0.484 e. The summed E-state index contributed by atoms with van der Waals surface area (Å²) in [5.74, 6) is 0.513. The molecule has 5 heteroatoms. The third kappa shape index (κ3) is 5.08. The lowest BCUT2D eigenvalue weighted by Gasteiger charge is -2.09. The molecule has 1 heterocycles. The van der Waals surface area contributed by atoms with E-state index < -0.39 is 0 Å². The number of carbonyl (C=O) groups is 1. The Bertz CT molecular complexity index is 602.